The zero-order chi connectivity index (χ0) is 21.3. The molecule has 1 amide bonds. The highest BCUT2D eigenvalue weighted by Gasteiger charge is 2.28. The van der Waals surface area contributed by atoms with Crippen molar-refractivity contribution in [3.05, 3.63) is 62.0 Å². The smallest absolute Gasteiger partial charge is 0.275 e. The molecule has 0 aliphatic heterocycles. The van der Waals surface area contributed by atoms with Gasteiger partial charge in [-0.15, -0.1) is 0 Å². The predicted molar refractivity (Wildman–Crippen MR) is 111 cm³/mol. The molecule has 0 aliphatic carbocycles. The second-order valence-electron chi connectivity index (χ2n) is 6.92. The van der Waals surface area contributed by atoms with E-state index >= 15 is 0 Å². The summed E-state index contributed by atoms with van der Waals surface area (Å²) in [6.07, 6.45) is 0.693. The number of aryl methyl sites for hydroxylation is 1. The molecule has 2 aromatic carbocycles. The van der Waals surface area contributed by atoms with Gasteiger partial charge in [-0.3, -0.25) is 19.1 Å². The molecule has 1 aromatic heterocycles. The van der Waals surface area contributed by atoms with Gasteiger partial charge in [0.05, 0.1) is 6.04 Å². The molecule has 0 bridgehead atoms. The summed E-state index contributed by atoms with van der Waals surface area (Å²) in [7, 11) is 4.61. The minimum atomic E-state index is -0.707. The van der Waals surface area contributed by atoms with Gasteiger partial charge in [0.15, 0.2) is 17.3 Å². The van der Waals surface area contributed by atoms with Crippen LogP contribution in [0.25, 0.3) is 0 Å². The van der Waals surface area contributed by atoms with Crippen LogP contribution in [0.2, 0.25) is 0 Å². The van der Waals surface area contributed by atoms with Crippen molar-refractivity contribution in [1.29, 1.82) is 0 Å². The van der Waals surface area contributed by atoms with Crippen LogP contribution in [0.3, 0.4) is 0 Å². The maximum Gasteiger partial charge on any atom is 0.275 e. The van der Waals surface area contributed by atoms with E-state index in [4.69, 9.17) is 0 Å². The van der Waals surface area contributed by atoms with Crippen molar-refractivity contribution in [3.63, 3.8) is 0 Å². The average molecular weight is 397 g/mol. The molecule has 1 atom stereocenters. The zero-order valence-electron chi connectivity index (χ0n) is 16.7. The first-order valence-electron chi connectivity index (χ1n) is 9.15. The van der Waals surface area contributed by atoms with Crippen molar-refractivity contribution < 1.29 is 9.90 Å². The lowest BCUT2D eigenvalue weighted by Crippen LogP contribution is -2.37. The lowest BCUT2D eigenvalue weighted by atomic mass is 10.0. The van der Waals surface area contributed by atoms with Gasteiger partial charge in [0, 0.05) is 21.1 Å². The Morgan fingerprint density at radius 1 is 1.17 bits per heavy atom. The number of anilines is 3. The van der Waals surface area contributed by atoms with Crippen LogP contribution >= 0.6 is 0 Å². The number of aromatic nitrogens is 2. The van der Waals surface area contributed by atoms with E-state index in [2.05, 4.69) is 15.7 Å². The van der Waals surface area contributed by atoms with E-state index in [-0.39, 0.29) is 34.7 Å². The summed E-state index contributed by atoms with van der Waals surface area (Å²) in [5.74, 6) is -0.898. The van der Waals surface area contributed by atoms with Gasteiger partial charge in [-0.1, -0.05) is 37.3 Å². The first-order valence-corrected chi connectivity index (χ1v) is 9.15. The van der Waals surface area contributed by atoms with Crippen molar-refractivity contribution in [1.82, 2.24) is 14.7 Å². The Morgan fingerprint density at radius 3 is 2.38 bits per heavy atom. The van der Waals surface area contributed by atoms with Gasteiger partial charge < -0.3 is 20.6 Å². The van der Waals surface area contributed by atoms with Gasteiger partial charge in [0.1, 0.15) is 11.4 Å². The fourth-order valence-electron chi connectivity index (χ4n) is 3.10. The number of benzene rings is 1. The number of amides is 1. The number of carbonyl (C=O) groups is 1. The van der Waals surface area contributed by atoms with Gasteiger partial charge >= 0.3 is 0 Å². The maximum absolute atomic E-state index is 12.2. The maximum atomic E-state index is 12.2. The zero-order valence-corrected chi connectivity index (χ0v) is 16.7. The number of nitrogens with one attached hydrogen (secondary N) is 2. The Labute approximate surface area is 167 Å². The predicted octanol–water partition coefficient (Wildman–Crippen LogP) is 1.73. The summed E-state index contributed by atoms with van der Waals surface area (Å²) < 4.78 is 1.22. The molecule has 0 saturated carbocycles. The molecule has 3 rings (SSSR count). The van der Waals surface area contributed by atoms with Crippen LogP contribution in [-0.2, 0) is 7.05 Å². The minimum Gasteiger partial charge on any atom is -0.503 e. The third-order valence-corrected chi connectivity index (χ3v) is 4.71. The van der Waals surface area contributed by atoms with E-state index in [0.29, 0.717) is 6.42 Å². The topological polar surface area (TPSA) is 117 Å². The van der Waals surface area contributed by atoms with Crippen molar-refractivity contribution in [2.24, 2.45) is 7.05 Å². The third-order valence-electron chi connectivity index (χ3n) is 4.71. The fraction of sp³-hybridized carbons (Fsp3) is 0.300. The van der Waals surface area contributed by atoms with E-state index in [1.165, 1.54) is 16.6 Å². The lowest BCUT2D eigenvalue weighted by molar-refractivity contribution is 0.0814. The van der Waals surface area contributed by atoms with Crippen molar-refractivity contribution in [3.8, 4) is 5.75 Å². The van der Waals surface area contributed by atoms with Crippen molar-refractivity contribution in [2.75, 3.05) is 24.7 Å². The Morgan fingerprint density at radius 2 is 1.79 bits per heavy atom. The summed E-state index contributed by atoms with van der Waals surface area (Å²) in [5.41, 5.74) is -0.240. The Bertz CT molecular complexity index is 1110. The lowest BCUT2D eigenvalue weighted by Gasteiger charge is -2.21. The van der Waals surface area contributed by atoms with Crippen LogP contribution in [0.1, 0.15) is 35.4 Å². The van der Waals surface area contributed by atoms with Crippen LogP contribution in [-0.4, -0.2) is 39.8 Å². The van der Waals surface area contributed by atoms with Gasteiger partial charge in [-0.25, -0.2) is 0 Å². The summed E-state index contributed by atoms with van der Waals surface area (Å²) >= 11 is 0. The number of hydrogen-bond acceptors (Lipinski definition) is 7. The molecular formula is C20H23N5O4. The number of carbonyl (C=O) groups excluding carboxylic acids is 1. The fourth-order valence-corrected chi connectivity index (χ4v) is 3.10. The quantitative estimate of drug-likeness (QED) is 0.520. The normalized spacial score (nSPS) is 12.0. The summed E-state index contributed by atoms with van der Waals surface area (Å²) in [6.45, 7) is 1.97. The second-order valence-corrected chi connectivity index (χ2v) is 6.92. The van der Waals surface area contributed by atoms with E-state index in [1.807, 2.05) is 37.3 Å². The van der Waals surface area contributed by atoms with Crippen molar-refractivity contribution in [2.45, 2.75) is 19.4 Å². The molecule has 0 fully saturated rings. The molecule has 0 spiro atoms. The molecule has 0 radical (unpaired) electrons. The number of hydrogen-bond donors (Lipinski definition) is 3. The third kappa shape index (κ3) is 3.58. The summed E-state index contributed by atoms with van der Waals surface area (Å²) in [4.78, 5) is 37.8. The van der Waals surface area contributed by atoms with Crippen molar-refractivity contribution >= 4 is 23.1 Å². The molecule has 1 heterocycles. The molecular weight excluding hydrogens is 374 g/mol. The SMILES string of the molecule is CC[C@@H](Nc1c(Nc2nn(C)c(C(=O)N(C)C)c2O)c(=O)c1=O)c1ccccc1. The van der Waals surface area contributed by atoms with Gasteiger partial charge in [0.2, 0.25) is 0 Å². The standard InChI is InChI=1S/C20H23N5O4/c1-5-12(11-9-7-6-8-10-11)21-13-14(17(27)16(13)26)22-19-18(28)15(25(4)23-19)20(29)24(2)3/h6-10,12,21,28H,5H2,1-4H3,(H,22,23)/t12-/m1/s1. The van der Waals surface area contributed by atoms with Crippen LogP contribution in [0.4, 0.5) is 17.2 Å². The van der Waals surface area contributed by atoms with Crippen LogP contribution in [0.5, 0.6) is 5.75 Å². The monoisotopic (exact) mass is 397 g/mol. The van der Waals surface area contributed by atoms with E-state index < -0.39 is 16.8 Å². The minimum absolute atomic E-state index is 0.0154. The van der Waals surface area contributed by atoms with Gasteiger partial charge in [-0.05, 0) is 12.0 Å². The number of nitrogens with zero attached hydrogens (tertiary/aromatic N) is 3. The summed E-state index contributed by atoms with van der Waals surface area (Å²) in [6, 6.07) is 9.40. The van der Waals surface area contributed by atoms with E-state index in [0.717, 1.165) is 5.56 Å². The van der Waals surface area contributed by atoms with Crippen LogP contribution in [0.15, 0.2) is 39.9 Å². The molecule has 0 unspecified atom stereocenters. The molecule has 29 heavy (non-hydrogen) atoms. The van der Waals surface area contributed by atoms with Crippen LogP contribution < -0.4 is 21.5 Å². The Hall–Kier alpha value is -3.62. The highest BCUT2D eigenvalue weighted by Crippen LogP contribution is 2.32. The largest absolute Gasteiger partial charge is 0.503 e. The second kappa shape index (κ2) is 7.78. The number of aromatic hydroxyl groups is 1. The van der Waals surface area contributed by atoms with Gasteiger partial charge in [-0.2, -0.15) is 5.10 Å². The molecule has 3 N–H and O–H groups in total. The first kappa shape index (κ1) is 20.1. The Balaban J connectivity index is 1.90. The molecule has 0 saturated heterocycles. The molecule has 3 aromatic rings. The Kier molecular flexibility index (Phi) is 5.40. The molecule has 9 heteroatoms. The van der Waals surface area contributed by atoms with Gasteiger partial charge in [0.25, 0.3) is 16.8 Å². The average Bonchev–Trinajstić information content (AvgIpc) is 3.00. The molecule has 9 nitrogen and oxygen atoms in total. The highest BCUT2D eigenvalue weighted by atomic mass is 16.3. The first-order chi connectivity index (χ1) is 13.8. The van der Waals surface area contributed by atoms with E-state index in [1.54, 1.807) is 14.1 Å². The molecule has 0 aliphatic rings. The van der Waals surface area contributed by atoms with Crippen LogP contribution in [0, 0.1) is 0 Å². The number of rotatable bonds is 7. The molecule has 152 valence electrons. The highest BCUT2D eigenvalue weighted by molar-refractivity contribution is 5.97. The van der Waals surface area contributed by atoms with E-state index in [9.17, 15) is 19.5 Å². The summed E-state index contributed by atoms with van der Waals surface area (Å²) in [5, 5.41) is 20.3.